The van der Waals surface area contributed by atoms with Crippen LogP contribution < -0.4 is 4.72 Å². The molecule has 0 amide bonds. The first-order valence-corrected chi connectivity index (χ1v) is 9.39. The molecular weight excluding hydrogens is 319 g/mol. The monoisotopic (exact) mass is 344 g/mol. The molecule has 5 nitrogen and oxygen atoms in total. The number of halogens is 1. The first-order valence-electron chi connectivity index (χ1n) is 7.91. The number of benzene rings is 1. The summed E-state index contributed by atoms with van der Waals surface area (Å²) >= 11 is 0. The van der Waals surface area contributed by atoms with Crippen LogP contribution in [0, 0.1) is 12.7 Å². The van der Waals surface area contributed by atoms with Crippen molar-refractivity contribution in [2.24, 2.45) is 0 Å². The van der Waals surface area contributed by atoms with Crippen LogP contribution in [0.4, 0.5) is 4.39 Å². The molecule has 0 saturated carbocycles. The fourth-order valence-corrected chi connectivity index (χ4v) is 3.75. The van der Waals surface area contributed by atoms with Crippen molar-refractivity contribution in [1.82, 2.24) is 9.62 Å². The number of nitrogens with one attached hydrogen (secondary N) is 1. The number of morpholine rings is 1. The molecule has 130 valence electrons. The molecule has 23 heavy (non-hydrogen) atoms. The largest absolute Gasteiger partial charge is 0.376 e. The van der Waals surface area contributed by atoms with E-state index >= 15 is 0 Å². The minimum atomic E-state index is -3.83. The van der Waals surface area contributed by atoms with Gasteiger partial charge in [-0.05, 0) is 44.9 Å². The van der Waals surface area contributed by atoms with Crippen molar-refractivity contribution < 1.29 is 17.5 Å². The molecule has 1 heterocycles. The summed E-state index contributed by atoms with van der Waals surface area (Å²) in [6, 6.07) is 4.55. The molecule has 0 bridgehead atoms. The normalized spacial score (nSPS) is 20.1. The second-order valence-corrected chi connectivity index (χ2v) is 7.94. The second-order valence-electron chi connectivity index (χ2n) is 6.20. The van der Waals surface area contributed by atoms with Crippen LogP contribution in [0.3, 0.4) is 0 Å². The van der Waals surface area contributed by atoms with Gasteiger partial charge in [-0.3, -0.25) is 4.90 Å². The van der Waals surface area contributed by atoms with Gasteiger partial charge in [0.1, 0.15) is 10.7 Å². The lowest BCUT2D eigenvalue weighted by Crippen LogP contribution is -2.46. The number of nitrogens with zero attached hydrogens (tertiary/aromatic N) is 1. The van der Waals surface area contributed by atoms with Crippen LogP contribution in [-0.4, -0.2) is 51.7 Å². The van der Waals surface area contributed by atoms with Gasteiger partial charge in [0.15, 0.2) is 0 Å². The van der Waals surface area contributed by atoms with E-state index in [-0.39, 0.29) is 17.5 Å². The van der Waals surface area contributed by atoms with Gasteiger partial charge in [0.05, 0.1) is 12.7 Å². The molecule has 1 saturated heterocycles. The molecule has 1 aliphatic rings. The highest BCUT2D eigenvalue weighted by molar-refractivity contribution is 7.89. The standard InChI is InChI=1S/C16H25FN2O3S/c1-12(2)19-8-9-22-14(11-19)6-7-18-23(20,21)16-5-4-13(3)10-15(16)17/h4-5,10,12,14,18H,6-9,11H2,1-3H3/t14-/m1/s1. The highest BCUT2D eigenvalue weighted by atomic mass is 32.2. The smallest absolute Gasteiger partial charge is 0.243 e. The Morgan fingerprint density at radius 2 is 2.17 bits per heavy atom. The van der Waals surface area contributed by atoms with Gasteiger partial charge < -0.3 is 4.74 Å². The van der Waals surface area contributed by atoms with Crippen LogP contribution in [-0.2, 0) is 14.8 Å². The van der Waals surface area contributed by atoms with E-state index in [2.05, 4.69) is 23.5 Å². The SMILES string of the molecule is Cc1ccc(S(=O)(=O)NCC[C@@H]2CN(C(C)C)CCO2)c(F)c1. The third-order valence-corrected chi connectivity index (χ3v) is 5.53. The molecule has 1 aromatic carbocycles. The Morgan fingerprint density at radius 1 is 1.43 bits per heavy atom. The summed E-state index contributed by atoms with van der Waals surface area (Å²) in [7, 11) is -3.83. The average Bonchev–Trinajstić information content (AvgIpc) is 2.46. The molecule has 2 rings (SSSR count). The highest BCUT2D eigenvalue weighted by Crippen LogP contribution is 2.16. The molecule has 0 radical (unpaired) electrons. The van der Waals surface area contributed by atoms with Crippen molar-refractivity contribution in [2.45, 2.75) is 44.2 Å². The number of sulfonamides is 1. The van der Waals surface area contributed by atoms with Crippen molar-refractivity contribution >= 4 is 10.0 Å². The van der Waals surface area contributed by atoms with Crippen LogP contribution in [0.25, 0.3) is 0 Å². The zero-order valence-electron chi connectivity index (χ0n) is 13.9. The Hall–Kier alpha value is -1.02. The minimum Gasteiger partial charge on any atom is -0.376 e. The average molecular weight is 344 g/mol. The predicted molar refractivity (Wildman–Crippen MR) is 87.4 cm³/mol. The van der Waals surface area contributed by atoms with Crippen LogP contribution in [0.15, 0.2) is 23.1 Å². The van der Waals surface area contributed by atoms with Gasteiger partial charge in [-0.2, -0.15) is 0 Å². The Kier molecular flexibility index (Phi) is 6.13. The summed E-state index contributed by atoms with van der Waals surface area (Å²) in [5.41, 5.74) is 0.686. The molecule has 1 N–H and O–H groups in total. The molecule has 1 aromatic rings. The Bertz CT molecular complexity index is 634. The highest BCUT2D eigenvalue weighted by Gasteiger charge is 2.23. The number of rotatable bonds is 6. The number of hydrogen-bond donors (Lipinski definition) is 1. The quantitative estimate of drug-likeness (QED) is 0.856. The Balaban J connectivity index is 1.90. The minimum absolute atomic E-state index is 0.00304. The third-order valence-electron chi connectivity index (χ3n) is 4.04. The molecule has 1 fully saturated rings. The van der Waals surface area contributed by atoms with Crippen molar-refractivity contribution in [3.05, 3.63) is 29.6 Å². The van der Waals surface area contributed by atoms with Crippen molar-refractivity contribution in [2.75, 3.05) is 26.2 Å². The number of hydrogen-bond acceptors (Lipinski definition) is 4. The lowest BCUT2D eigenvalue weighted by Gasteiger charge is -2.35. The summed E-state index contributed by atoms with van der Waals surface area (Å²) in [6.07, 6.45) is 0.562. The van der Waals surface area contributed by atoms with E-state index < -0.39 is 15.8 Å². The van der Waals surface area contributed by atoms with E-state index in [1.165, 1.54) is 12.1 Å². The summed E-state index contributed by atoms with van der Waals surface area (Å²) in [5.74, 6) is -0.725. The summed E-state index contributed by atoms with van der Waals surface area (Å²) in [6.45, 7) is 8.55. The van der Waals surface area contributed by atoms with Gasteiger partial charge in [-0.1, -0.05) is 6.07 Å². The van der Waals surface area contributed by atoms with Gasteiger partial charge >= 0.3 is 0 Å². The first kappa shape index (κ1) is 18.3. The zero-order valence-corrected chi connectivity index (χ0v) is 14.7. The Labute approximate surface area is 137 Å². The molecule has 0 spiro atoms. The van der Waals surface area contributed by atoms with Gasteiger partial charge in [-0.25, -0.2) is 17.5 Å². The van der Waals surface area contributed by atoms with Crippen molar-refractivity contribution in [3.8, 4) is 0 Å². The molecule has 1 aliphatic heterocycles. The van der Waals surface area contributed by atoms with Gasteiger partial charge in [0, 0.05) is 25.7 Å². The fraction of sp³-hybridized carbons (Fsp3) is 0.625. The van der Waals surface area contributed by atoms with Gasteiger partial charge in [0.25, 0.3) is 0 Å². The van der Waals surface area contributed by atoms with Crippen LogP contribution in [0.5, 0.6) is 0 Å². The lowest BCUT2D eigenvalue weighted by atomic mass is 10.2. The van der Waals surface area contributed by atoms with E-state index in [1.54, 1.807) is 13.0 Å². The molecule has 1 atom stereocenters. The van der Waals surface area contributed by atoms with Crippen LogP contribution in [0.1, 0.15) is 25.8 Å². The molecule has 0 aliphatic carbocycles. The molecule has 0 aromatic heterocycles. The van der Waals surface area contributed by atoms with Crippen molar-refractivity contribution in [3.63, 3.8) is 0 Å². The number of ether oxygens (including phenoxy) is 1. The maximum absolute atomic E-state index is 13.8. The molecule has 7 heteroatoms. The topological polar surface area (TPSA) is 58.6 Å². The number of aryl methyl sites for hydroxylation is 1. The van der Waals surface area contributed by atoms with Gasteiger partial charge in [0.2, 0.25) is 10.0 Å². The zero-order chi connectivity index (χ0) is 17.0. The molecule has 0 unspecified atom stereocenters. The first-order chi connectivity index (χ1) is 10.8. The third kappa shape index (κ3) is 4.97. The predicted octanol–water partition coefficient (Wildman–Crippen LogP) is 1.91. The lowest BCUT2D eigenvalue weighted by molar-refractivity contribution is -0.0409. The summed E-state index contributed by atoms with van der Waals surface area (Å²) in [5, 5.41) is 0. The van der Waals surface area contributed by atoms with E-state index in [1.807, 2.05) is 0 Å². The van der Waals surface area contributed by atoms with E-state index in [9.17, 15) is 12.8 Å². The van der Waals surface area contributed by atoms with E-state index in [0.29, 0.717) is 24.6 Å². The van der Waals surface area contributed by atoms with Crippen molar-refractivity contribution in [1.29, 1.82) is 0 Å². The van der Waals surface area contributed by atoms with Gasteiger partial charge in [-0.15, -0.1) is 0 Å². The van der Waals surface area contributed by atoms with E-state index in [4.69, 9.17) is 4.74 Å². The van der Waals surface area contributed by atoms with E-state index in [0.717, 1.165) is 13.1 Å². The summed E-state index contributed by atoms with van der Waals surface area (Å²) < 4.78 is 46.3. The maximum Gasteiger partial charge on any atom is 0.243 e. The summed E-state index contributed by atoms with van der Waals surface area (Å²) in [4.78, 5) is 2.00. The maximum atomic E-state index is 13.8. The Morgan fingerprint density at radius 3 is 2.83 bits per heavy atom. The van der Waals surface area contributed by atoms with Crippen LogP contribution >= 0.6 is 0 Å². The second kappa shape index (κ2) is 7.70. The molecular formula is C16H25FN2O3S. The van der Waals surface area contributed by atoms with Crippen LogP contribution in [0.2, 0.25) is 0 Å². The fourth-order valence-electron chi connectivity index (χ4n) is 2.64.